The van der Waals surface area contributed by atoms with Crippen LogP contribution in [0.25, 0.3) is 10.9 Å². The first kappa shape index (κ1) is 24.1. The van der Waals surface area contributed by atoms with Crippen molar-refractivity contribution in [2.75, 3.05) is 37.6 Å². The first-order chi connectivity index (χ1) is 16.4. The Balaban J connectivity index is 1.39. The minimum Gasteiger partial charge on any atom is -0.361 e. The summed E-state index contributed by atoms with van der Waals surface area (Å²) in [5.74, 6) is 0.836. The van der Waals surface area contributed by atoms with Crippen molar-refractivity contribution in [2.45, 2.75) is 45.6 Å². The molecule has 4 rings (SSSR count). The number of hydrogen-bond donors (Lipinski definition) is 3. The van der Waals surface area contributed by atoms with Gasteiger partial charge in [-0.1, -0.05) is 32.0 Å². The van der Waals surface area contributed by atoms with Gasteiger partial charge in [-0.25, -0.2) is 8.78 Å². The van der Waals surface area contributed by atoms with Gasteiger partial charge in [0.1, 0.15) is 0 Å². The Hall–Kier alpha value is -3.01. The van der Waals surface area contributed by atoms with E-state index in [0.717, 1.165) is 24.8 Å². The van der Waals surface area contributed by atoms with Crippen molar-refractivity contribution >= 4 is 22.8 Å². The van der Waals surface area contributed by atoms with Gasteiger partial charge in [-0.05, 0) is 36.8 Å². The molecule has 1 aliphatic rings. The number of amides is 1. The average molecular weight is 474 g/mol. The molecule has 3 N–H and O–H groups in total. The van der Waals surface area contributed by atoms with Crippen LogP contribution in [-0.4, -0.2) is 76.2 Å². The Bertz CT molecular complexity index is 1070. The number of para-hydroxylation sites is 1. The van der Waals surface area contributed by atoms with Crippen LogP contribution in [0.1, 0.15) is 42.9 Å². The molecule has 0 spiro atoms. The van der Waals surface area contributed by atoms with Crippen LogP contribution in [0.2, 0.25) is 0 Å². The molecule has 3 heterocycles. The average Bonchev–Trinajstić information content (AvgIpc) is 3.46. The fourth-order valence-electron chi connectivity index (χ4n) is 4.40. The predicted molar refractivity (Wildman–Crippen MR) is 128 cm³/mol. The summed E-state index contributed by atoms with van der Waals surface area (Å²) in [5.41, 5.74) is 2.25. The lowest BCUT2D eigenvalue weighted by atomic mass is 9.97. The van der Waals surface area contributed by atoms with Crippen LogP contribution in [0.15, 0.2) is 30.5 Å². The molecule has 0 radical (unpaired) electrons. The molecular formula is C24H33F2N7O. The van der Waals surface area contributed by atoms with Crippen LogP contribution < -0.4 is 10.2 Å². The van der Waals surface area contributed by atoms with Gasteiger partial charge in [0.05, 0.1) is 6.54 Å². The molecule has 8 nitrogen and oxygen atoms in total. The van der Waals surface area contributed by atoms with Crippen molar-refractivity contribution in [1.82, 2.24) is 30.4 Å². The fraction of sp³-hybridized carbons (Fsp3) is 0.542. The number of hydrogen-bond acceptors (Lipinski definition) is 5. The van der Waals surface area contributed by atoms with E-state index in [9.17, 15) is 13.6 Å². The Labute approximate surface area is 198 Å². The third-order valence-corrected chi connectivity index (χ3v) is 6.31. The topological polar surface area (TPSA) is 92.9 Å². The molecule has 1 amide bonds. The van der Waals surface area contributed by atoms with Crippen LogP contribution in [0.4, 0.5) is 14.7 Å². The predicted octanol–water partition coefficient (Wildman–Crippen LogP) is 3.45. The van der Waals surface area contributed by atoms with E-state index in [-0.39, 0.29) is 24.3 Å². The quantitative estimate of drug-likeness (QED) is 0.419. The van der Waals surface area contributed by atoms with E-state index < -0.39 is 6.43 Å². The van der Waals surface area contributed by atoms with Crippen LogP contribution >= 0.6 is 0 Å². The standard InChI is InChI=1S/C24H33F2N7O/c1-16(2)7-8-18(13-17-14-27-20-6-4-3-5-19(17)20)28-23(34)22-29-24(31-30-22)33-11-9-32(10-12-33)15-21(25)26/h3-6,14,16,18,21,27H,7-13,15H2,1-2H3,(H,28,34)(H,29,30,31). The van der Waals surface area contributed by atoms with Crippen LogP contribution in [-0.2, 0) is 6.42 Å². The maximum absolute atomic E-state index is 13.0. The lowest BCUT2D eigenvalue weighted by Crippen LogP contribution is -2.48. The first-order valence-electron chi connectivity index (χ1n) is 11.9. The Morgan fingerprint density at radius 3 is 2.65 bits per heavy atom. The normalized spacial score (nSPS) is 16.0. The van der Waals surface area contributed by atoms with Gasteiger partial charge in [-0.2, -0.15) is 4.98 Å². The zero-order chi connectivity index (χ0) is 24.1. The number of piperazine rings is 1. The van der Waals surface area contributed by atoms with Crippen molar-refractivity contribution < 1.29 is 13.6 Å². The first-order valence-corrected chi connectivity index (χ1v) is 11.9. The number of rotatable bonds is 10. The summed E-state index contributed by atoms with van der Waals surface area (Å²) in [4.78, 5) is 24.3. The molecule has 3 aromatic rings. The van der Waals surface area contributed by atoms with Crippen molar-refractivity contribution in [3.8, 4) is 0 Å². The van der Waals surface area contributed by atoms with E-state index in [1.54, 1.807) is 4.90 Å². The number of carbonyl (C=O) groups excluding carboxylic acids is 1. The Morgan fingerprint density at radius 1 is 1.15 bits per heavy atom. The number of halogens is 2. The van der Waals surface area contributed by atoms with Crippen molar-refractivity contribution in [3.63, 3.8) is 0 Å². The highest BCUT2D eigenvalue weighted by Crippen LogP contribution is 2.21. The van der Waals surface area contributed by atoms with Crippen LogP contribution in [0.3, 0.4) is 0 Å². The molecule has 184 valence electrons. The van der Waals surface area contributed by atoms with E-state index in [1.165, 1.54) is 10.9 Å². The molecule has 34 heavy (non-hydrogen) atoms. The lowest BCUT2D eigenvalue weighted by Gasteiger charge is -2.33. The number of anilines is 1. The second kappa shape index (κ2) is 10.9. The van der Waals surface area contributed by atoms with Gasteiger partial charge in [0.25, 0.3) is 12.3 Å². The molecular weight excluding hydrogens is 440 g/mol. The van der Waals surface area contributed by atoms with Crippen LogP contribution in [0, 0.1) is 5.92 Å². The molecule has 10 heteroatoms. The molecule has 1 aliphatic heterocycles. The highest BCUT2D eigenvalue weighted by atomic mass is 19.3. The number of aromatic nitrogens is 4. The highest BCUT2D eigenvalue weighted by Gasteiger charge is 2.24. The summed E-state index contributed by atoms with van der Waals surface area (Å²) in [5, 5.41) is 11.3. The van der Waals surface area contributed by atoms with Crippen molar-refractivity contribution in [3.05, 3.63) is 41.9 Å². The summed E-state index contributed by atoms with van der Waals surface area (Å²) >= 11 is 0. The summed E-state index contributed by atoms with van der Waals surface area (Å²) < 4.78 is 25.2. The molecule has 1 aromatic carbocycles. The Morgan fingerprint density at radius 2 is 1.91 bits per heavy atom. The SMILES string of the molecule is CC(C)CCC(Cc1c[nH]c2ccccc12)NC(=O)c1nc(N2CCN(CC(F)F)CC2)n[nH]1. The monoisotopic (exact) mass is 473 g/mol. The van der Waals surface area contributed by atoms with Crippen LogP contribution in [0.5, 0.6) is 0 Å². The maximum Gasteiger partial charge on any atom is 0.288 e. The van der Waals surface area contributed by atoms with E-state index in [2.05, 4.69) is 45.4 Å². The van der Waals surface area contributed by atoms with Gasteiger partial charge in [0.2, 0.25) is 11.8 Å². The molecule has 1 unspecified atom stereocenters. The van der Waals surface area contributed by atoms with Gasteiger partial charge < -0.3 is 15.2 Å². The molecule has 1 saturated heterocycles. The largest absolute Gasteiger partial charge is 0.361 e. The molecule has 1 fully saturated rings. The molecule has 2 aromatic heterocycles. The van der Waals surface area contributed by atoms with E-state index in [1.807, 2.05) is 29.3 Å². The smallest absolute Gasteiger partial charge is 0.288 e. The van der Waals surface area contributed by atoms with Gasteiger partial charge in [-0.3, -0.25) is 14.8 Å². The Kier molecular flexibility index (Phi) is 7.77. The zero-order valence-corrected chi connectivity index (χ0v) is 19.7. The zero-order valence-electron chi connectivity index (χ0n) is 19.7. The molecule has 0 aliphatic carbocycles. The fourth-order valence-corrected chi connectivity index (χ4v) is 4.40. The van der Waals surface area contributed by atoms with Gasteiger partial charge in [0, 0.05) is 49.3 Å². The summed E-state index contributed by atoms with van der Waals surface area (Å²) in [6.07, 6.45) is 2.25. The summed E-state index contributed by atoms with van der Waals surface area (Å²) in [7, 11) is 0. The minimum atomic E-state index is -2.33. The minimum absolute atomic E-state index is 0.0412. The summed E-state index contributed by atoms with van der Waals surface area (Å²) in [6.45, 7) is 6.25. The number of alkyl halides is 2. The summed E-state index contributed by atoms with van der Waals surface area (Å²) in [6, 6.07) is 8.11. The number of aromatic amines is 2. The van der Waals surface area contributed by atoms with E-state index in [0.29, 0.717) is 38.0 Å². The number of benzene rings is 1. The number of nitrogens with one attached hydrogen (secondary N) is 3. The maximum atomic E-state index is 13.0. The second-order valence-corrected chi connectivity index (χ2v) is 9.37. The number of nitrogens with zero attached hydrogens (tertiary/aromatic N) is 4. The van der Waals surface area contributed by atoms with Crippen molar-refractivity contribution in [2.24, 2.45) is 5.92 Å². The number of carbonyl (C=O) groups is 1. The van der Waals surface area contributed by atoms with Gasteiger partial charge in [0.15, 0.2) is 0 Å². The molecule has 0 saturated carbocycles. The molecule has 0 bridgehead atoms. The highest BCUT2D eigenvalue weighted by molar-refractivity contribution is 5.91. The van der Waals surface area contributed by atoms with Gasteiger partial charge >= 0.3 is 0 Å². The van der Waals surface area contributed by atoms with Crippen molar-refractivity contribution in [1.29, 1.82) is 0 Å². The number of H-pyrrole nitrogens is 2. The van der Waals surface area contributed by atoms with E-state index >= 15 is 0 Å². The lowest BCUT2D eigenvalue weighted by molar-refractivity contribution is 0.0852. The third-order valence-electron chi connectivity index (χ3n) is 6.31. The van der Waals surface area contributed by atoms with Gasteiger partial charge in [-0.15, -0.1) is 5.10 Å². The molecule has 1 atom stereocenters. The number of fused-ring (bicyclic) bond motifs is 1. The second-order valence-electron chi connectivity index (χ2n) is 9.37. The third kappa shape index (κ3) is 6.11. The van der Waals surface area contributed by atoms with E-state index in [4.69, 9.17) is 0 Å².